The summed E-state index contributed by atoms with van der Waals surface area (Å²) in [6.07, 6.45) is 0. The van der Waals surface area contributed by atoms with Gasteiger partial charge in [0.15, 0.2) is 0 Å². The van der Waals surface area contributed by atoms with Crippen LogP contribution in [0.2, 0.25) is 0 Å². The summed E-state index contributed by atoms with van der Waals surface area (Å²) in [5, 5.41) is 103. The second kappa shape index (κ2) is 49.6. The van der Waals surface area contributed by atoms with Crippen molar-refractivity contribution in [3.63, 3.8) is 0 Å². The van der Waals surface area contributed by atoms with E-state index in [1.807, 2.05) is 0 Å². The van der Waals surface area contributed by atoms with Crippen LogP contribution in [-0.4, -0.2) is 63.9 Å². The van der Waals surface area contributed by atoms with Crippen molar-refractivity contribution in [1.82, 2.24) is 0 Å². The average molecular weight is 489 g/mol. The summed E-state index contributed by atoms with van der Waals surface area (Å²) < 4.78 is 0. The van der Waals surface area contributed by atoms with Crippen molar-refractivity contribution in [2.45, 2.75) is 0 Å². The van der Waals surface area contributed by atoms with Crippen molar-refractivity contribution < 1.29 is 35.6 Å². The third kappa shape index (κ3) is 483. The fraction of sp³-hybridized carbons (Fsp3) is 0. The first kappa shape index (κ1) is 56.2. The van der Waals surface area contributed by atoms with Gasteiger partial charge < -0.3 is 107 Å². The van der Waals surface area contributed by atoms with E-state index in [4.69, 9.17) is 107 Å². The summed E-state index contributed by atoms with van der Waals surface area (Å²) in [6, 6.07) is 0. The van der Waals surface area contributed by atoms with E-state index in [2.05, 4.69) is 0 Å². The standard InChI is InChI=1S/Al.7NO3.Si/c;7*2-1(3)4;/q+3;7*-1;+4. The topological polar surface area (TPSA) is 463 Å². The van der Waals surface area contributed by atoms with Gasteiger partial charge in [-0.2, -0.15) is 0 Å². The Kier molecular flexibility index (Phi) is 93.0. The maximum atomic E-state index is 8.25. The van der Waals surface area contributed by atoms with E-state index in [9.17, 15) is 0 Å². The molecule has 0 spiro atoms. The molecule has 168 valence electrons. The Morgan fingerprint density at radius 2 is 0.267 bits per heavy atom. The maximum Gasteiger partial charge on any atom is 4.00 e. The van der Waals surface area contributed by atoms with Crippen molar-refractivity contribution in [2.24, 2.45) is 0 Å². The Labute approximate surface area is 172 Å². The van der Waals surface area contributed by atoms with E-state index in [1.54, 1.807) is 0 Å². The Bertz CT molecular complexity index is 314. The fourth-order valence-electron chi connectivity index (χ4n) is 0. The van der Waals surface area contributed by atoms with Crippen molar-refractivity contribution in [3.8, 4) is 0 Å². The summed E-state index contributed by atoms with van der Waals surface area (Å²) >= 11 is 0. The van der Waals surface area contributed by atoms with E-state index >= 15 is 0 Å². The van der Waals surface area contributed by atoms with E-state index in [1.165, 1.54) is 0 Å². The Morgan fingerprint density at radius 1 is 0.267 bits per heavy atom. The largest absolute Gasteiger partial charge is 4.00 e. The third-order valence-corrected chi connectivity index (χ3v) is 0. The van der Waals surface area contributed by atoms with Gasteiger partial charge in [-0.15, -0.1) is 0 Å². The molecule has 0 saturated heterocycles. The Hall–Kier alpha value is -4.85. The van der Waals surface area contributed by atoms with Gasteiger partial charge in [0.05, 0.1) is 35.6 Å². The average Bonchev–Trinajstić information content (AvgIpc) is 2.20. The normalized spacial score (nSPS) is 5.60. The molecule has 30 heavy (non-hydrogen) atoms. The van der Waals surface area contributed by atoms with Crippen molar-refractivity contribution in [1.29, 1.82) is 0 Å². The van der Waals surface area contributed by atoms with Crippen LogP contribution in [0.4, 0.5) is 0 Å². The van der Waals surface area contributed by atoms with E-state index < -0.39 is 35.6 Å². The predicted molar refractivity (Wildman–Crippen MR) is 84.0 cm³/mol. The molecule has 0 aromatic carbocycles. The molecule has 0 aliphatic rings. The molecule has 0 N–H and O–H groups in total. The van der Waals surface area contributed by atoms with Gasteiger partial charge in [-0.3, -0.25) is 0 Å². The first-order chi connectivity index (χ1) is 12.1. The first-order valence-corrected chi connectivity index (χ1v) is 3.83. The molecule has 0 aromatic heterocycles. The minimum absolute atomic E-state index is 0. The van der Waals surface area contributed by atoms with Crippen LogP contribution in [0.5, 0.6) is 0 Å². The van der Waals surface area contributed by atoms with Gasteiger partial charge in [0.2, 0.25) is 0 Å². The molecule has 0 radical (unpaired) electrons. The molecule has 0 bridgehead atoms. The maximum absolute atomic E-state index is 8.25. The molecule has 0 amide bonds. The van der Waals surface area contributed by atoms with Gasteiger partial charge in [0.25, 0.3) is 0 Å². The van der Waals surface area contributed by atoms with Crippen molar-refractivity contribution >= 4 is 28.3 Å². The van der Waals surface area contributed by atoms with Gasteiger partial charge in [0, 0.05) is 0 Å². The van der Waals surface area contributed by atoms with Crippen LogP contribution in [0.1, 0.15) is 0 Å². The van der Waals surface area contributed by atoms with Crippen LogP contribution in [0.25, 0.3) is 0 Å². The zero-order valence-electron chi connectivity index (χ0n) is 12.8. The monoisotopic (exact) mass is 489 g/mol. The summed E-state index contributed by atoms with van der Waals surface area (Å²) in [7, 11) is 0. The van der Waals surface area contributed by atoms with Crippen LogP contribution in [-0.2, 0) is 0 Å². The number of rotatable bonds is 0. The zero-order chi connectivity index (χ0) is 25.0. The van der Waals surface area contributed by atoms with Crippen LogP contribution in [0.3, 0.4) is 0 Å². The summed E-state index contributed by atoms with van der Waals surface area (Å²) in [4.78, 5) is 57.8. The molecule has 0 rings (SSSR count). The molecule has 0 unspecified atom stereocenters. The minimum atomic E-state index is -1.75. The van der Waals surface area contributed by atoms with Crippen LogP contribution in [0.15, 0.2) is 0 Å². The third-order valence-electron chi connectivity index (χ3n) is 0. The molecular weight excluding hydrogens is 489 g/mol. The molecule has 0 saturated carbocycles. The Balaban J connectivity index is -0.0000000242. The van der Waals surface area contributed by atoms with Gasteiger partial charge in [0.1, 0.15) is 0 Å². The first-order valence-electron chi connectivity index (χ1n) is 3.83. The van der Waals surface area contributed by atoms with Crippen molar-refractivity contribution in [3.05, 3.63) is 107 Å². The summed E-state index contributed by atoms with van der Waals surface area (Å²) in [6.45, 7) is 0. The second-order valence-electron chi connectivity index (χ2n) is 1.57. The molecule has 0 heterocycles. The molecule has 0 fully saturated rings. The molecule has 30 heteroatoms. The Morgan fingerprint density at radius 3 is 0.267 bits per heavy atom. The SMILES string of the molecule is O=[N+]([O-])[O-].O=[N+]([O-])[O-].O=[N+]([O-])[O-].O=[N+]([O-])[O-].O=[N+]([O-])[O-].O=[N+]([O-])[O-].O=[N+]([O-])[O-].[Al+3].[Si+4]. The zero-order valence-corrected chi connectivity index (χ0v) is 14.9. The minimum Gasteiger partial charge on any atom is -0.356 e. The number of hydrogen-bond donors (Lipinski definition) is 0. The van der Waals surface area contributed by atoms with E-state index in [0.29, 0.717) is 0 Å². The molecule has 0 atom stereocenters. The fourth-order valence-corrected chi connectivity index (χ4v) is 0. The van der Waals surface area contributed by atoms with Gasteiger partial charge in [-0.1, -0.05) is 0 Å². The summed E-state index contributed by atoms with van der Waals surface area (Å²) in [5.74, 6) is 0. The van der Waals surface area contributed by atoms with Crippen LogP contribution < -0.4 is 0 Å². The smallest absolute Gasteiger partial charge is 0.356 e. The van der Waals surface area contributed by atoms with E-state index in [0.717, 1.165) is 0 Å². The number of nitrogens with zero attached hydrogens (tertiary/aromatic N) is 7. The second-order valence-corrected chi connectivity index (χ2v) is 1.57. The molecule has 0 aliphatic carbocycles. The van der Waals surface area contributed by atoms with Crippen molar-refractivity contribution in [2.75, 3.05) is 0 Å². The van der Waals surface area contributed by atoms with Gasteiger partial charge in [-0.25, -0.2) is 0 Å². The number of hydrogen-bond acceptors (Lipinski definition) is 21. The summed E-state index contributed by atoms with van der Waals surface area (Å²) in [5.41, 5.74) is 0. The molecule has 0 aromatic rings. The molecule has 0 aliphatic heterocycles. The van der Waals surface area contributed by atoms with Gasteiger partial charge >= 0.3 is 28.3 Å². The molecule has 28 nitrogen and oxygen atoms in total. The van der Waals surface area contributed by atoms with Crippen LogP contribution >= 0.6 is 0 Å². The molecular formula is AlN7O21Si. The van der Waals surface area contributed by atoms with Crippen LogP contribution in [0, 0.1) is 107 Å². The van der Waals surface area contributed by atoms with E-state index in [-0.39, 0.29) is 28.3 Å². The van der Waals surface area contributed by atoms with Gasteiger partial charge in [-0.05, 0) is 0 Å². The quantitative estimate of drug-likeness (QED) is 0.194. The predicted octanol–water partition coefficient (Wildman–Crippen LogP) is -2.44.